The number of alkyl halides is 3. The standard InChI is InChI=1S/C16H17F3N2OS/c17-16(18,19)13-3-1-2-12(8-13)9-14-10-21(5-6-22-14)11-15-20-4-7-23-15/h1-4,7-8,14H,5-6,9-11H2. The van der Waals surface area contributed by atoms with Crippen LogP contribution >= 0.6 is 11.3 Å². The van der Waals surface area contributed by atoms with Gasteiger partial charge in [0.05, 0.1) is 24.8 Å². The van der Waals surface area contributed by atoms with E-state index in [0.29, 0.717) is 25.1 Å². The Morgan fingerprint density at radius 3 is 2.96 bits per heavy atom. The van der Waals surface area contributed by atoms with E-state index < -0.39 is 11.7 Å². The summed E-state index contributed by atoms with van der Waals surface area (Å²) in [5.41, 5.74) is 0.0476. The summed E-state index contributed by atoms with van der Waals surface area (Å²) in [7, 11) is 0. The van der Waals surface area contributed by atoms with E-state index >= 15 is 0 Å². The van der Waals surface area contributed by atoms with Gasteiger partial charge < -0.3 is 4.74 Å². The highest BCUT2D eigenvalue weighted by Crippen LogP contribution is 2.30. The van der Waals surface area contributed by atoms with Crippen molar-refractivity contribution >= 4 is 11.3 Å². The van der Waals surface area contributed by atoms with Crippen LogP contribution in [0.5, 0.6) is 0 Å². The predicted octanol–water partition coefficient (Wildman–Crippen LogP) is 3.61. The van der Waals surface area contributed by atoms with Crippen molar-refractivity contribution in [3.05, 3.63) is 52.0 Å². The van der Waals surface area contributed by atoms with Crippen LogP contribution in [0.4, 0.5) is 13.2 Å². The molecule has 3 nitrogen and oxygen atoms in total. The Balaban J connectivity index is 1.61. The third-order valence-corrected chi connectivity index (χ3v) is 4.55. The fourth-order valence-corrected chi connectivity index (χ4v) is 3.37. The summed E-state index contributed by atoms with van der Waals surface area (Å²) in [6.07, 6.45) is -2.13. The molecule has 1 aromatic heterocycles. The number of rotatable bonds is 4. The second kappa shape index (κ2) is 6.98. The van der Waals surface area contributed by atoms with E-state index in [0.717, 1.165) is 24.2 Å². The number of hydrogen-bond donors (Lipinski definition) is 0. The highest BCUT2D eigenvalue weighted by molar-refractivity contribution is 7.09. The fourth-order valence-electron chi connectivity index (χ4n) is 2.71. The van der Waals surface area contributed by atoms with E-state index in [2.05, 4.69) is 9.88 Å². The lowest BCUT2D eigenvalue weighted by Gasteiger charge is -2.32. The van der Waals surface area contributed by atoms with Crippen LogP contribution in [0.3, 0.4) is 0 Å². The normalized spacial score (nSPS) is 19.9. The third kappa shape index (κ3) is 4.53. The van der Waals surface area contributed by atoms with E-state index in [4.69, 9.17) is 4.74 Å². The van der Waals surface area contributed by atoms with Crippen LogP contribution in [0.2, 0.25) is 0 Å². The molecule has 0 spiro atoms. The number of hydrogen-bond acceptors (Lipinski definition) is 4. The first-order valence-corrected chi connectivity index (χ1v) is 8.27. The van der Waals surface area contributed by atoms with Crippen molar-refractivity contribution in [2.45, 2.75) is 25.2 Å². The second-order valence-electron chi connectivity index (χ2n) is 5.56. The van der Waals surface area contributed by atoms with E-state index in [9.17, 15) is 13.2 Å². The van der Waals surface area contributed by atoms with Gasteiger partial charge in [-0.1, -0.05) is 18.2 Å². The quantitative estimate of drug-likeness (QED) is 0.849. The van der Waals surface area contributed by atoms with Crippen LogP contribution in [0.1, 0.15) is 16.1 Å². The van der Waals surface area contributed by atoms with Gasteiger partial charge in [-0.2, -0.15) is 13.2 Å². The molecular formula is C16H17F3N2OS. The van der Waals surface area contributed by atoms with Gasteiger partial charge in [-0.3, -0.25) is 4.90 Å². The number of nitrogens with zero attached hydrogens (tertiary/aromatic N) is 2. The molecule has 1 unspecified atom stereocenters. The maximum absolute atomic E-state index is 12.8. The van der Waals surface area contributed by atoms with E-state index in [1.54, 1.807) is 23.6 Å². The summed E-state index contributed by atoms with van der Waals surface area (Å²) >= 11 is 1.61. The molecule has 0 amide bonds. The van der Waals surface area contributed by atoms with Crippen molar-refractivity contribution in [3.8, 4) is 0 Å². The molecular weight excluding hydrogens is 325 g/mol. The zero-order valence-electron chi connectivity index (χ0n) is 12.4. The summed E-state index contributed by atoms with van der Waals surface area (Å²) in [4.78, 5) is 6.51. The molecule has 3 rings (SSSR count). The van der Waals surface area contributed by atoms with Crippen molar-refractivity contribution in [3.63, 3.8) is 0 Å². The fraction of sp³-hybridized carbons (Fsp3) is 0.438. The Bertz CT molecular complexity index is 631. The highest BCUT2D eigenvalue weighted by Gasteiger charge is 2.30. The Morgan fingerprint density at radius 1 is 1.35 bits per heavy atom. The van der Waals surface area contributed by atoms with Crippen molar-refractivity contribution in [1.82, 2.24) is 9.88 Å². The predicted molar refractivity (Wildman–Crippen MR) is 82.3 cm³/mol. The molecule has 23 heavy (non-hydrogen) atoms. The number of benzene rings is 1. The lowest BCUT2D eigenvalue weighted by atomic mass is 10.0. The smallest absolute Gasteiger partial charge is 0.375 e. The molecule has 124 valence electrons. The van der Waals surface area contributed by atoms with Crippen LogP contribution in [0, 0.1) is 0 Å². The SMILES string of the molecule is FC(F)(F)c1cccc(CC2CN(Cc3nccs3)CCO2)c1. The molecule has 1 aliphatic rings. The van der Waals surface area contributed by atoms with Crippen LogP contribution in [-0.2, 0) is 23.9 Å². The van der Waals surface area contributed by atoms with Gasteiger partial charge in [-0.15, -0.1) is 11.3 Å². The number of halogens is 3. The lowest BCUT2D eigenvalue weighted by Crippen LogP contribution is -2.42. The lowest BCUT2D eigenvalue weighted by molar-refractivity contribution is -0.137. The summed E-state index contributed by atoms with van der Waals surface area (Å²) in [5, 5.41) is 2.99. The molecule has 2 aromatic rings. The van der Waals surface area contributed by atoms with Gasteiger partial charge in [0.2, 0.25) is 0 Å². The Hall–Kier alpha value is -1.44. The van der Waals surface area contributed by atoms with Gasteiger partial charge in [0, 0.05) is 24.7 Å². The summed E-state index contributed by atoms with van der Waals surface area (Å²) in [5.74, 6) is 0. The number of thiazole rings is 1. The molecule has 1 saturated heterocycles. The minimum Gasteiger partial charge on any atom is -0.375 e. The topological polar surface area (TPSA) is 25.4 Å². The molecule has 1 fully saturated rings. The van der Waals surface area contributed by atoms with E-state index in [1.807, 2.05) is 5.38 Å². The molecule has 0 aliphatic carbocycles. The summed E-state index contributed by atoms with van der Waals surface area (Å²) in [6, 6.07) is 5.48. The molecule has 0 N–H and O–H groups in total. The van der Waals surface area contributed by atoms with Crippen LogP contribution in [0.25, 0.3) is 0 Å². The van der Waals surface area contributed by atoms with Crippen LogP contribution in [-0.4, -0.2) is 35.7 Å². The van der Waals surface area contributed by atoms with Crippen LogP contribution < -0.4 is 0 Å². The zero-order valence-corrected chi connectivity index (χ0v) is 13.2. The molecule has 1 aliphatic heterocycles. The average Bonchev–Trinajstić information content (AvgIpc) is 3.00. The van der Waals surface area contributed by atoms with Crippen molar-refractivity contribution < 1.29 is 17.9 Å². The first kappa shape index (κ1) is 16.4. The van der Waals surface area contributed by atoms with Gasteiger partial charge in [-0.25, -0.2) is 4.98 Å². The largest absolute Gasteiger partial charge is 0.416 e. The maximum Gasteiger partial charge on any atom is 0.416 e. The molecule has 1 atom stereocenters. The van der Waals surface area contributed by atoms with Gasteiger partial charge >= 0.3 is 6.18 Å². The molecule has 0 bridgehead atoms. The van der Waals surface area contributed by atoms with E-state index in [-0.39, 0.29) is 6.10 Å². The molecule has 0 radical (unpaired) electrons. The zero-order chi connectivity index (χ0) is 16.3. The van der Waals surface area contributed by atoms with Gasteiger partial charge in [0.25, 0.3) is 0 Å². The molecule has 1 aromatic carbocycles. The first-order valence-electron chi connectivity index (χ1n) is 7.39. The molecule has 7 heteroatoms. The minimum atomic E-state index is -4.31. The Morgan fingerprint density at radius 2 is 2.22 bits per heavy atom. The van der Waals surface area contributed by atoms with Gasteiger partial charge in [0.1, 0.15) is 5.01 Å². The maximum atomic E-state index is 12.8. The van der Waals surface area contributed by atoms with Crippen LogP contribution in [0.15, 0.2) is 35.8 Å². The van der Waals surface area contributed by atoms with Crippen molar-refractivity contribution in [1.29, 1.82) is 0 Å². The third-order valence-electron chi connectivity index (χ3n) is 3.78. The van der Waals surface area contributed by atoms with Crippen molar-refractivity contribution in [2.75, 3.05) is 19.7 Å². The average molecular weight is 342 g/mol. The number of aromatic nitrogens is 1. The Labute approximate surface area is 136 Å². The summed E-state index contributed by atoms with van der Waals surface area (Å²) < 4.78 is 44.0. The first-order chi connectivity index (χ1) is 11.0. The number of morpholine rings is 1. The molecule has 0 saturated carbocycles. The van der Waals surface area contributed by atoms with Gasteiger partial charge in [0.15, 0.2) is 0 Å². The Kier molecular flexibility index (Phi) is 4.99. The summed E-state index contributed by atoms with van der Waals surface area (Å²) in [6.45, 7) is 2.88. The minimum absolute atomic E-state index is 0.0906. The highest BCUT2D eigenvalue weighted by atomic mass is 32.1. The number of ether oxygens (including phenoxy) is 1. The van der Waals surface area contributed by atoms with Gasteiger partial charge in [-0.05, 0) is 18.1 Å². The molecule has 2 heterocycles. The monoisotopic (exact) mass is 342 g/mol. The van der Waals surface area contributed by atoms with Crippen molar-refractivity contribution in [2.24, 2.45) is 0 Å². The second-order valence-corrected chi connectivity index (χ2v) is 6.54. The van der Waals surface area contributed by atoms with E-state index in [1.165, 1.54) is 12.1 Å².